The van der Waals surface area contributed by atoms with Crippen LogP contribution in [0.15, 0.2) is 12.2 Å². The average Bonchev–Trinajstić information content (AvgIpc) is 2.90. The standard InChI is InChI=1S/C11H13F3/c12-11(13,14)4-3-10-5-8(7-1-2-7)9(10)6-10/h3-4,7-9H,1-2,5-6H2/b4-3+. The summed E-state index contributed by atoms with van der Waals surface area (Å²) in [6.45, 7) is 0. The number of hydrogen-bond acceptors (Lipinski definition) is 0. The van der Waals surface area contributed by atoms with Crippen LogP contribution in [-0.4, -0.2) is 6.18 Å². The molecular formula is C11H13F3. The minimum atomic E-state index is -4.12. The van der Waals surface area contributed by atoms with Gasteiger partial charge in [0.25, 0.3) is 0 Å². The van der Waals surface area contributed by atoms with E-state index in [1.165, 1.54) is 18.9 Å². The second kappa shape index (κ2) is 2.37. The van der Waals surface area contributed by atoms with Crippen LogP contribution in [0.2, 0.25) is 0 Å². The second-order valence-corrected chi connectivity index (χ2v) is 5.12. The zero-order valence-corrected chi connectivity index (χ0v) is 7.85. The molecule has 78 valence electrons. The number of rotatable bonds is 2. The summed E-state index contributed by atoms with van der Waals surface area (Å²) in [5.41, 5.74) is -0.0111. The minimum absolute atomic E-state index is 0.0111. The first kappa shape index (κ1) is 8.81. The maximum Gasteiger partial charge on any atom is 0.409 e. The number of fused-ring (bicyclic) bond motifs is 1. The van der Waals surface area contributed by atoms with Gasteiger partial charge in [-0.3, -0.25) is 0 Å². The summed E-state index contributed by atoms with van der Waals surface area (Å²) in [7, 11) is 0. The third-order valence-electron chi connectivity index (χ3n) is 4.14. The maximum absolute atomic E-state index is 11.9. The highest BCUT2D eigenvalue weighted by atomic mass is 19.4. The molecular weight excluding hydrogens is 189 g/mol. The van der Waals surface area contributed by atoms with E-state index in [1.54, 1.807) is 0 Å². The molecule has 3 fully saturated rings. The van der Waals surface area contributed by atoms with Crippen molar-refractivity contribution in [1.29, 1.82) is 0 Å². The van der Waals surface area contributed by atoms with Crippen LogP contribution in [-0.2, 0) is 0 Å². The van der Waals surface area contributed by atoms with Crippen LogP contribution in [0.1, 0.15) is 25.7 Å². The van der Waals surface area contributed by atoms with E-state index in [0.29, 0.717) is 12.0 Å². The van der Waals surface area contributed by atoms with Gasteiger partial charge in [-0.1, -0.05) is 6.08 Å². The van der Waals surface area contributed by atoms with Crippen molar-refractivity contribution in [2.75, 3.05) is 0 Å². The number of halogens is 3. The fourth-order valence-corrected chi connectivity index (χ4v) is 3.12. The SMILES string of the molecule is FC(F)(F)/C=C/C12CC(C3CC3)C1C2. The van der Waals surface area contributed by atoms with Gasteiger partial charge in [0.15, 0.2) is 0 Å². The Hall–Kier alpha value is -0.470. The summed E-state index contributed by atoms with van der Waals surface area (Å²) >= 11 is 0. The third kappa shape index (κ3) is 1.29. The van der Waals surface area contributed by atoms with Crippen molar-refractivity contribution in [1.82, 2.24) is 0 Å². The maximum atomic E-state index is 11.9. The van der Waals surface area contributed by atoms with Gasteiger partial charge in [0.2, 0.25) is 0 Å². The molecule has 0 bridgehead atoms. The number of allylic oxidation sites excluding steroid dienone is 2. The molecule has 0 nitrogen and oxygen atoms in total. The van der Waals surface area contributed by atoms with Crippen LogP contribution in [0, 0.1) is 23.2 Å². The van der Waals surface area contributed by atoms with E-state index in [9.17, 15) is 13.2 Å². The van der Waals surface area contributed by atoms with E-state index in [0.717, 1.165) is 24.7 Å². The van der Waals surface area contributed by atoms with E-state index >= 15 is 0 Å². The van der Waals surface area contributed by atoms with E-state index in [4.69, 9.17) is 0 Å². The lowest BCUT2D eigenvalue weighted by Gasteiger charge is -2.33. The molecule has 0 heterocycles. The average molecular weight is 202 g/mol. The van der Waals surface area contributed by atoms with Crippen molar-refractivity contribution in [2.45, 2.75) is 31.9 Å². The Morgan fingerprint density at radius 1 is 1.14 bits per heavy atom. The van der Waals surface area contributed by atoms with Gasteiger partial charge >= 0.3 is 6.18 Å². The highest BCUT2D eigenvalue weighted by molar-refractivity contribution is 5.26. The first-order valence-electron chi connectivity index (χ1n) is 5.27. The highest BCUT2D eigenvalue weighted by Gasteiger charge is 2.67. The molecule has 3 aliphatic rings. The molecule has 0 saturated heterocycles. The van der Waals surface area contributed by atoms with Crippen molar-refractivity contribution in [3.05, 3.63) is 12.2 Å². The van der Waals surface area contributed by atoms with Crippen LogP contribution in [0.5, 0.6) is 0 Å². The monoisotopic (exact) mass is 202 g/mol. The van der Waals surface area contributed by atoms with Crippen molar-refractivity contribution in [3.63, 3.8) is 0 Å². The Labute approximate surface area is 81.2 Å². The molecule has 0 aromatic carbocycles. The molecule has 3 saturated carbocycles. The van der Waals surface area contributed by atoms with Crippen LogP contribution in [0.3, 0.4) is 0 Å². The summed E-state index contributed by atoms with van der Waals surface area (Å²) < 4.78 is 35.8. The van der Waals surface area contributed by atoms with Gasteiger partial charge < -0.3 is 0 Å². The first-order chi connectivity index (χ1) is 6.50. The molecule has 3 atom stereocenters. The molecule has 3 unspecified atom stereocenters. The molecule has 0 aliphatic heterocycles. The molecule has 0 amide bonds. The third-order valence-corrected chi connectivity index (χ3v) is 4.14. The zero-order valence-electron chi connectivity index (χ0n) is 7.85. The Morgan fingerprint density at radius 2 is 1.86 bits per heavy atom. The van der Waals surface area contributed by atoms with Gasteiger partial charge in [-0.15, -0.1) is 0 Å². The van der Waals surface area contributed by atoms with E-state index < -0.39 is 6.18 Å². The summed E-state index contributed by atoms with van der Waals surface area (Å²) in [5, 5.41) is 0. The van der Waals surface area contributed by atoms with Gasteiger partial charge in [-0.2, -0.15) is 13.2 Å². The molecule has 3 aliphatic carbocycles. The molecule has 0 radical (unpaired) electrons. The molecule has 0 N–H and O–H groups in total. The normalized spacial score (nSPS) is 46.2. The van der Waals surface area contributed by atoms with Crippen LogP contribution in [0.4, 0.5) is 13.2 Å². The topological polar surface area (TPSA) is 0 Å². The minimum Gasteiger partial charge on any atom is -0.167 e. The Bertz CT molecular complexity index is 287. The predicted molar refractivity (Wildman–Crippen MR) is 46.6 cm³/mol. The smallest absolute Gasteiger partial charge is 0.167 e. The predicted octanol–water partition coefficient (Wildman–Crippen LogP) is 3.54. The van der Waals surface area contributed by atoms with Gasteiger partial charge in [-0.05, 0) is 48.9 Å². The van der Waals surface area contributed by atoms with Crippen molar-refractivity contribution >= 4 is 0 Å². The van der Waals surface area contributed by atoms with E-state index in [1.807, 2.05) is 0 Å². The lowest BCUT2D eigenvalue weighted by atomic mass is 9.72. The summed E-state index contributed by atoms with van der Waals surface area (Å²) in [4.78, 5) is 0. The Balaban J connectivity index is 1.60. The number of hydrogen-bond donors (Lipinski definition) is 0. The number of alkyl halides is 3. The quantitative estimate of drug-likeness (QED) is 0.601. The first-order valence-corrected chi connectivity index (χ1v) is 5.27. The van der Waals surface area contributed by atoms with Gasteiger partial charge in [0, 0.05) is 6.08 Å². The second-order valence-electron chi connectivity index (χ2n) is 5.12. The van der Waals surface area contributed by atoms with Crippen LogP contribution < -0.4 is 0 Å². The van der Waals surface area contributed by atoms with Crippen molar-refractivity contribution in [3.8, 4) is 0 Å². The van der Waals surface area contributed by atoms with Crippen molar-refractivity contribution in [2.24, 2.45) is 23.2 Å². The van der Waals surface area contributed by atoms with E-state index in [2.05, 4.69) is 0 Å². The molecule has 14 heavy (non-hydrogen) atoms. The Morgan fingerprint density at radius 3 is 2.36 bits per heavy atom. The lowest BCUT2D eigenvalue weighted by Crippen LogP contribution is -2.26. The van der Waals surface area contributed by atoms with Gasteiger partial charge in [-0.25, -0.2) is 0 Å². The van der Waals surface area contributed by atoms with Crippen LogP contribution in [0.25, 0.3) is 0 Å². The molecule has 3 rings (SSSR count). The summed E-state index contributed by atoms with van der Waals surface area (Å²) in [6, 6.07) is 0. The largest absolute Gasteiger partial charge is 0.409 e. The van der Waals surface area contributed by atoms with Gasteiger partial charge in [0.05, 0.1) is 0 Å². The van der Waals surface area contributed by atoms with Crippen LogP contribution >= 0.6 is 0 Å². The van der Waals surface area contributed by atoms with Crippen molar-refractivity contribution < 1.29 is 13.2 Å². The fourth-order valence-electron chi connectivity index (χ4n) is 3.12. The molecule has 0 aromatic heterocycles. The molecule has 3 heteroatoms. The summed E-state index contributed by atoms with van der Waals surface area (Å²) in [6.07, 6.45) is 2.43. The summed E-state index contributed by atoms with van der Waals surface area (Å²) in [5.74, 6) is 2.25. The fraction of sp³-hybridized carbons (Fsp3) is 0.818. The van der Waals surface area contributed by atoms with E-state index in [-0.39, 0.29) is 5.41 Å². The molecule has 0 spiro atoms. The Kier molecular flexibility index (Phi) is 1.49. The highest BCUT2D eigenvalue weighted by Crippen LogP contribution is 2.75. The lowest BCUT2D eigenvalue weighted by molar-refractivity contribution is -0.0806. The molecule has 0 aromatic rings. The van der Waals surface area contributed by atoms with Gasteiger partial charge in [0.1, 0.15) is 0 Å². The zero-order chi connectivity index (χ0) is 9.97.